The molecule has 0 radical (unpaired) electrons. The Bertz CT molecular complexity index is 723. The molecular weight excluding hydrogens is 366 g/mol. The average Bonchev–Trinajstić information content (AvgIpc) is 3.35. The fourth-order valence-corrected chi connectivity index (χ4v) is 6.12. The first-order valence-electron chi connectivity index (χ1n) is 10.4. The minimum atomic E-state index is 0. The highest BCUT2D eigenvalue weighted by atomic mass is 32.1. The first-order valence-corrected chi connectivity index (χ1v) is 11.3. The van der Waals surface area contributed by atoms with E-state index in [1.807, 2.05) is 23.6 Å². The van der Waals surface area contributed by atoms with Gasteiger partial charge >= 0.3 is 0 Å². The lowest BCUT2D eigenvalue weighted by Gasteiger charge is -2.46. The van der Waals surface area contributed by atoms with Gasteiger partial charge in [0.25, 0.3) is 0 Å². The molecule has 3 nitrogen and oxygen atoms in total. The molecule has 1 saturated heterocycles. The monoisotopic (exact) mass is 401 g/mol. The van der Waals surface area contributed by atoms with E-state index in [-0.39, 0.29) is 18.4 Å². The van der Waals surface area contributed by atoms with Crippen molar-refractivity contribution in [3.8, 4) is 5.75 Å². The van der Waals surface area contributed by atoms with Crippen LogP contribution >= 0.6 is 11.3 Å². The molecule has 2 aromatic rings. The highest BCUT2D eigenvalue weighted by Gasteiger charge is 2.48. The van der Waals surface area contributed by atoms with Gasteiger partial charge in [-0.1, -0.05) is 32.8 Å². The minimum Gasteiger partial charge on any atom is -0.496 e. The molecule has 4 rings (SSSR count). The number of ether oxygens (including phenoxy) is 2. The number of pyridine rings is 1. The van der Waals surface area contributed by atoms with Crippen molar-refractivity contribution in [2.45, 2.75) is 82.7 Å². The Morgan fingerprint density at radius 3 is 2.75 bits per heavy atom. The van der Waals surface area contributed by atoms with E-state index in [9.17, 15) is 0 Å². The Labute approximate surface area is 174 Å². The van der Waals surface area contributed by atoms with Crippen LogP contribution in [-0.2, 0) is 16.6 Å². The van der Waals surface area contributed by atoms with Gasteiger partial charge in [-0.15, -0.1) is 11.3 Å². The molecule has 1 saturated carbocycles. The van der Waals surface area contributed by atoms with Crippen molar-refractivity contribution in [3.05, 3.63) is 46.4 Å². The van der Waals surface area contributed by atoms with Crippen LogP contribution in [0.25, 0.3) is 0 Å². The van der Waals surface area contributed by atoms with Gasteiger partial charge < -0.3 is 9.47 Å². The van der Waals surface area contributed by atoms with Gasteiger partial charge in [-0.3, -0.25) is 4.98 Å². The van der Waals surface area contributed by atoms with E-state index in [0.29, 0.717) is 0 Å². The zero-order valence-corrected chi connectivity index (χ0v) is 17.2. The quantitative estimate of drug-likeness (QED) is 0.492. The highest BCUT2D eigenvalue weighted by Crippen LogP contribution is 2.50. The largest absolute Gasteiger partial charge is 0.496 e. The van der Waals surface area contributed by atoms with Crippen LogP contribution < -0.4 is 4.74 Å². The number of nitrogens with zero attached hydrogens (tertiary/aromatic N) is 1. The van der Waals surface area contributed by atoms with Crippen molar-refractivity contribution < 1.29 is 9.47 Å². The van der Waals surface area contributed by atoms with Crippen LogP contribution in [0.4, 0.5) is 0 Å². The molecule has 28 heavy (non-hydrogen) atoms. The van der Waals surface area contributed by atoms with Crippen molar-refractivity contribution >= 4 is 11.3 Å². The molecule has 1 unspecified atom stereocenters. The third-order valence-corrected chi connectivity index (χ3v) is 7.57. The van der Waals surface area contributed by atoms with Crippen molar-refractivity contribution in [3.63, 3.8) is 0 Å². The lowest BCUT2D eigenvalue weighted by molar-refractivity contribution is -0.104. The van der Waals surface area contributed by atoms with E-state index in [0.717, 1.165) is 31.6 Å². The standard InChI is InChI=1S/C23H31NO2S.CH4/c1-25-19-10-17-27-20(19)8-2-4-11-22(21-9-3-7-15-24-21)14-16-26-23(18-22)12-5-6-13-23;/h3,7,9-10,15,17H,2,4-6,8,11-14,16,18H2,1H3;1H4. The number of aryl methyl sites for hydroxylation is 1. The second-order valence-corrected chi connectivity index (χ2v) is 9.28. The van der Waals surface area contributed by atoms with Crippen LogP contribution in [0.3, 0.4) is 0 Å². The third-order valence-electron chi connectivity index (χ3n) is 6.61. The first kappa shape index (κ1) is 21.3. The maximum Gasteiger partial charge on any atom is 0.132 e. The van der Waals surface area contributed by atoms with Crippen LogP contribution in [-0.4, -0.2) is 24.3 Å². The normalized spacial score (nSPS) is 23.5. The molecular formula is C24H35NO2S. The zero-order valence-electron chi connectivity index (χ0n) is 16.4. The number of hydrogen-bond donors (Lipinski definition) is 0. The fraction of sp³-hybridized carbons (Fsp3) is 0.625. The van der Waals surface area contributed by atoms with Crippen LogP contribution in [0.15, 0.2) is 35.8 Å². The molecule has 0 amide bonds. The van der Waals surface area contributed by atoms with Gasteiger partial charge in [-0.05, 0) is 68.5 Å². The average molecular weight is 402 g/mol. The van der Waals surface area contributed by atoms with Gasteiger partial charge in [0.1, 0.15) is 5.75 Å². The first-order chi connectivity index (χ1) is 13.3. The Balaban J connectivity index is 0.00000225. The summed E-state index contributed by atoms with van der Waals surface area (Å²) in [5, 5.41) is 2.13. The molecule has 154 valence electrons. The van der Waals surface area contributed by atoms with Gasteiger partial charge in [0, 0.05) is 28.8 Å². The molecule has 0 aromatic carbocycles. The van der Waals surface area contributed by atoms with Crippen molar-refractivity contribution in [2.24, 2.45) is 0 Å². The fourth-order valence-electron chi connectivity index (χ4n) is 5.24. The predicted octanol–water partition coefficient (Wildman–Crippen LogP) is 6.56. The molecule has 1 aliphatic carbocycles. The van der Waals surface area contributed by atoms with E-state index in [1.54, 1.807) is 7.11 Å². The van der Waals surface area contributed by atoms with Crippen LogP contribution in [0.2, 0.25) is 0 Å². The van der Waals surface area contributed by atoms with Crippen LogP contribution in [0.1, 0.15) is 75.8 Å². The molecule has 2 fully saturated rings. The molecule has 4 heteroatoms. The summed E-state index contributed by atoms with van der Waals surface area (Å²) in [6.07, 6.45) is 14.1. The van der Waals surface area contributed by atoms with E-state index in [1.165, 1.54) is 55.5 Å². The summed E-state index contributed by atoms with van der Waals surface area (Å²) in [6, 6.07) is 8.51. The van der Waals surface area contributed by atoms with Crippen LogP contribution in [0, 0.1) is 0 Å². The second kappa shape index (κ2) is 9.41. The lowest BCUT2D eigenvalue weighted by atomic mass is 9.67. The number of hydrogen-bond acceptors (Lipinski definition) is 4. The molecule has 1 atom stereocenters. The number of thiophene rings is 1. The smallest absolute Gasteiger partial charge is 0.132 e. The van der Waals surface area contributed by atoms with E-state index >= 15 is 0 Å². The van der Waals surface area contributed by atoms with Gasteiger partial charge in [0.2, 0.25) is 0 Å². The summed E-state index contributed by atoms with van der Waals surface area (Å²) in [6.45, 7) is 0.884. The predicted molar refractivity (Wildman–Crippen MR) is 117 cm³/mol. The summed E-state index contributed by atoms with van der Waals surface area (Å²) in [7, 11) is 1.77. The molecule has 2 aromatic heterocycles. The molecule has 1 aliphatic heterocycles. The summed E-state index contributed by atoms with van der Waals surface area (Å²) < 4.78 is 11.8. The Hall–Kier alpha value is -1.39. The summed E-state index contributed by atoms with van der Waals surface area (Å²) in [4.78, 5) is 6.19. The van der Waals surface area contributed by atoms with Gasteiger partial charge in [0.05, 0.1) is 12.7 Å². The topological polar surface area (TPSA) is 31.4 Å². The van der Waals surface area contributed by atoms with E-state index in [2.05, 4.69) is 23.6 Å². The maximum absolute atomic E-state index is 6.36. The molecule has 1 spiro atoms. The van der Waals surface area contributed by atoms with Crippen molar-refractivity contribution in [1.29, 1.82) is 0 Å². The van der Waals surface area contributed by atoms with Crippen LogP contribution in [0.5, 0.6) is 5.75 Å². The maximum atomic E-state index is 6.36. The van der Waals surface area contributed by atoms with E-state index < -0.39 is 0 Å². The second-order valence-electron chi connectivity index (χ2n) is 8.28. The number of aromatic nitrogens is 1. The Kier molecular flexibility index (Phi) is 7.16. The Morgan fingerprint density at radius 2 is 2.00 bits per heavy atom. The highest BCUT2D eigenvalue weighted by molar-refractivity contribution is 7.10. The molecule has 0 bridgehead atoms. The molecule has 2 aliphatic rings. The number of rotatable bonds is 7. The summed E-state index contributed by atoms with van der Waals surface area (Å²) >= 11 is 1.81. The van der Waals surface area contributed by atoms with E-state index in [4.69, 9.17) is 14.5 Å². The number of methoxy groups -OCH3 is 1. The lowest BCUT2D eigenvalue weighted by Crippen LogP contribution is -2.46. The minimum absolute atomic E-state index is 0. The zero-order chi connectivity index (χ0) is 18.6. The Morgan fingerprint density at radius 1 is 1.14 bits per heavy atom. The summed E-state index contributed by atoms with van der Waals surface area (Å²) in [5.74, 6) is 1.05. The molecule has 3 heterocycles. The van der Waals surface area contributed by atoms with Crippen molar-refractivity contribution in [1.82, 2.24) is 4.98 Å². The SMILES string of the molecule is C.COc1ccsc1CCCCC1(c2ccccn2)CCOC2(CCCC2)C1. The number of unbranched alkanes of at least 4 members (excludes halogenated alkanes) is 1. The molecule has 0 N–H and O–H groups in total. The summed E-state index contributed by atoms with van der Waals surface area (Å²) in [5.41, 5.74) is 1.59. The van der Waals surface area contributed by atoms with Crippen molar-refractivity contribution in [2.75, 3.05) is 13.7 Å². The van der Waals surface area contributed by atoms with Gasteiger partial charge in [-0.25, -0.2) is 0 Å². The van der Waals surface area contributed by atoms with Gasteiger partial charge in [0.15, 0.2) is 0 Å². The van der Waals surface area contributed by atoms with Gasteiger partial charge in [-0.2, -0.15) is 0 Å². The third kappa shape index (κ3) is 4.44.